The Bertz CT molecular complexity index is 719. The van der Waals surface area contributed by atoms with Crippen LogP contribution in [0.4, 0.5) is 0 Å². The van der Waals surface area contributed by atoms with Crippen molar-refractivity contribution in [3.05, 3.63) is 72.3 Å². The summed E-state index contributed by atoms with van der Waals surface area (Å²) in [7, 11) is 0. The van der Waals surface area contributed by atoms with E-state index in [0.717, 1.165) is 11.1 Å². The van der Waals surface area contributed by atoms with Crippen LogP contribution < -0.4 is 0 Å². The van der Waals surface area contributed by atoms with Crippen LogP contribution in [0.5, 0.6) is 0 Å². The number of esters is 2. The van der Waals surface area contributed by atoms with E-state index in [1.54, 1.807) is 19.1 Å². The van der Waals surface area contributed by atoms with E-state index >= 15 is 0 Å². The van der Waals surface area contributed by atoms with Gasteiger partial charge in [0.25, 0.3) is 0 Å². The van der Waals surface area contributed by atoms with Crippen LogP contribution >= 0.6 is 0 Å². The molecule has 2 rings (SSSR count). The average Bonchev–Trinajstić information content (AvgIpc) is 2.61. The average molecular weight is 324 g/mol. The monoisotopic (exact) mass is 324 g/mol. The van der Waals surface area contributed by atoms with E-state index < -0.39 is 5.97 Å². The molecule has 0 aromatic heterocycles. The Balaban J connectivity index is 1.85. The van der Waals surface area contributed by atoms with Gasteiger partial charge in [0.15, 0.2) is 0 Å². The van der Waals surface area contributed by atoms with Gasteiger partial charge in [0.2, 0.25) is 0 Å². The number of benzene rings is 2. The Kier molecular flexibility index (Phi) is 6.32. The first-order chi connectivity index (χ1) is 11.6. The van der Waals surface area contributed by atoms with Crippen LogP contribution in [0.15, 0.2) is 66.7 Å². The third-order valence-electron chi connectivity index (χ3n) is 3.31. The molecule has 0 aliphatic heterocycles. The first-order valence-electron chi connectivity index (χ1n) is 7.73. The van der Waals surface area contributed by atoms with Crippen molar-refractivity contribution in [1.82, 2.24) is 0 Å². The Morgan fingerprint density at radius 3 is 2.29 bits per heavy atom. The third kappa shape index (κ3) is 5.09. The van der Waals surface area contributed by atoms with Gasteiger partial charge in [0, 0.05) is 12.0 Å². The number of hydrogen-bond acceptors (Lipinski definition) is 4. The topological polar surface area (TPSA) is 52.6 Å². The zero-order valence-electron chi connectivity index (χ0n) is 13.7. The van der Waals surface area contributed by atoms with E-state index in [9.17, 15) is 9.59 Å². The Labute approximate surface area is 141 Å². The van der Waals surface area contributed by atoms with E-state index in [1.807, 2.05) is 42.5 Å². The highest BCUT2D eigenvalue weighted by Crippen LogP contribution is 2.20. The molecule has 0 aliphatic rings. The van der Waals surface area contributed by atoms with Gasteiger partial charge < -0.3 is 9.47 Å². The van der Waals surface area contributed by atoms with Gasteiger partial charge in [0.05, 0.1) is 18.8 Å². The standard InChI is InChI=1S/C20H20O4/c1-15(2)19(21)23-12-7-13-24-20(22)18-11-6-10-17(14-18)16-8-4-3-5-9-16/h3-6,8-11,14H,1,7,12-13H2,2H3. The van der Waals surface area contributed by atoms with Crippen LogP contribution in [0.1, 0.15) is 23.7 Å². The molecule has 124 valence electrons. The molecule has 0 amide bonds. The highest BCUT2D eigenvalue weighted by molar-refractivity contribution is 5.91. The third-order valence-corrected chi connectivity index (χ3v) is 3.31. The molecule has 2 aromatic carbocycles. The maximum Gasteiger partial charge on any atom is 0.338 e. The lowest BCUT2D eigenvalue weighted by atomic mass is 10.0. The summed E-state index contributed by atoms with van der Waals surface area (Å²) in [6, 6.07) is 17.1. The number of carbonyl (C=O) groups excluding carboxylic acids is 2. The van der Waals surface area contributed by atoms with Gasteiger partial charge in [-0.25, -0.2) is 9.59 Å². The van der Waals surface area contributed by atoms with Crippen molar-refractivity contribution < 1.29 is 19.1 Å². The van der Waals surface area contributed by atoms with Crippen molar-refractivity contribution in [3.63, 3.8) is 0 Å². The molecule has 0 heterocycles. The van der Waals surface area contributed by atoms with Crippen LogP contribution in [-0.2, 0) is 14.3 Å². The first-order valence-corrected chi connectivity index (χ1v) is 7.73. The van der Waals surface area contributed by atoms with Crippen LogP contribution in [-0.4, -0.2) is 25.2 Å². The zero-order chi connectivity index (χ0) is 17.4. The molecular weight excluding hydrogens is 304 g/mol. The fourth-order valence-corrected chi connectivity index (χ4v) is 2.05. The van der Waals surface area contributed by atoms with Crippen molar-refractivity contribution in [3.8, 4) is 11.1 Å². The summed E-state index contributed by atoms with van der Waals surface area (Å²) in [5.41, 5.74) is 2.85. The number of hydrogen-bond donors (Lipinski definition) is 0. The highest BCUT2D eigenvalue weighted by Gasteiger charge is 2.09. The molecule has 0 N–H and O–H groups in total. The summed E-state index contributed by atoms with van der Waals surface area (Å²) in [5.74, 6) is -0.823. The van der Waals surface area contributed by atoms with Gasteiger partial charge in [0.1, 0.15) is 0 Å². The summed E-state index contributed by atoms with van der Waals surface area (Å²) in [4.78, 5) is 23.3. The SMILES string of the molecule is C=C(C)C(=O)OCCCOC(=O)c1cccc(-c2ccccc2)c1. The number of rotatable bonds is 7. The first kappa shape index (κ1) is 17.5. The maximum atomic E-state index is 12.1. The van der Waals surface area contributed by atoms with Gasteiger partial charge in [-0.1, -0.05) is 49.0 Å². The molecule has 0 radical (unpaired) electrons. The van der Waals surface area contributed by atoms with Crippen molar-refractivity contribution in [2.45, 2.75) is 13.3 Å². The maximum absolute atomic E-state index is 12.1. The minimum atomic E-state index is -0.433. The normalized spacial score (nSPS) is 10.0. The quantitative estimate of drug-likeness (QED) is 0.438. The van der Waals surface area contributed by atoms with Gasteiger partial charge in [-0.3, -0.25) is 0 Å². The molecule has 0 aliphatic carbocycles. The molecule has 0 unspecified atom stereocenters. The predicted molar refractivity (Wildman–Crippen MR) is 92.6 cm³/mol. The van der Waals surface area contributed by atoms with Crippen LogP contribution in [0.3, 0.4) is 0 Å². The van der Waals surface area contributed by atoms with E-state index in [-0.39, 0.29) is 19.2 Å². The van der Waals surface area contributed by atoms with Crippen molar-refractivity contribution >= 4 is 11.9 Å². The van der Waals surface area contributed by atoms with Crippen molar-refractivity contribution in [2.24, 2.45) is 0 Å². The van der Waals surface area contributed by atoms with Gasteiger partial charge in [-0.15, -0.1) is 0 Å². The van der Waals surface area contributed by atoms with Crippen LogP contribution in [0.2, 0.25) is 0 Å². The van der Waals surface area contributed by atoms with Gasteiger partial charge >= 0.3 is 11.9 Å². The second kappa shape index (κ2) is 8.67. The van der Waals surface area contributed by atoms with E-state index in [4.69, 9.17) is 9.47 Å². The molecule has 2 aromatic rings. The Hall–Kier alpha value is -2.88. The molecule has 4 nitrogen and oxygen atoms in total. The molecule has 0 atom stereocenters. The second-order valence-corrected chi connectivity index (χ2v) is 5.35. The molecule has 0 fully saturated rings. The van der Waals surface area contributed by atoms with Crippen LogP contribution in [0.25, 0.3) is 11.1 Å². The molecule has 0 saturated carbocycles. The van der Waals surface area contributed by atoms with E-state index in [2.05, 4.69) is 6.58 Å². The largest absolute Gasteiger partial charge is 0.462 e. The minimum absolute atomic E-state index is 0.192. The minimum Gasteiger partial charge on any atom is -0.462 e. The molecular formula is C20H20O4. The Morgan fingerprint density at radius 1 is 0.917 bits per heavy atom. The van der Waals surface area contributed by atoms with Gasteiger partial charge in [-0.2, -0.15) is 0 Å². The molecule has 0 bridgehead atoms. The summed E-state index contributed by atoms with van der Waals surface area (Å²) in [5, 5.41) is 0. The zero-order valence-corrected chi connectivity index (χ0v) is 13.7. The fourth-order valence-electron chi connectivity index (χ4n) is 2.05. The molecule has 0 saturated heterocycles. The summed E-state index contributed by atoms with van der Waals surface area (Å²) in [6.07, 6.45) is 0.448. The van der Waals surface area contributed by atoms with Crippen molar-refractivity contribution in [2.75, 3.05) is 13.2 Å². The lowest BCUT2D eigenvalue weighted by Gasteiger charge is -2.07. The fraction of sp³-hybridized carbons (Fsp3) is 0.200. The summed E-state index contributed by atoms with van der Waals surface area (Å²) >= 11 is 0. The lowest BCUT2D eigenvalue weighted by molar-refractivity contribution is -0.139. The second-order valence-electron chi connectivity index (χ2n) is 5.35. The lowest BCUT2D eigenvalue weighted by Crippen LogP contribution is -2.11. The molecule has 24 heavy (non-hydrogen) atoms. The summed E-state index contributed by atoms with van der Waals surface area (Å²) in [6.45, 7) is 5.47. The molecule has 4 heteroatoms. The van der Waals surface area contributed by atoms with Gasteiger partial charge in [-0.05, 0) is 30.2 Å². The predicted octanol–water partition coefficient (Wildman–Crippen LogP) is 4.02. The highest BCUT2D eigenvalue weighted by atomic mass is 16.5. The van der Waals surface area contributed by atoms with Crippen LogP contribution in [0, 0.1) is 0 Å². The van der Waals surface area contributed by atoms with Crippen molar-refractivity contribution in [1.29, 1.82) is 0 Å². The molecule has 0 spiro atoms. The summed E-state index contributed by atoms with van der Waals surface area (Å²) < 4.78 is 10.1. The smallest absolute Gasteiger partial charge is 0.338 e. The number of carbonyl (C=O) groups is 2. The van der Waals surface area contributed by atoms with E-state index in [0.29, 0.717) is 17.6 Å². The van der Waals surface area contributed by atoms with E-state index in [1.165, 1.54) is 0 Å². The Morgan fingerprint density at radius 2 is 1.58 bits per heavy atom. The number of ether oxygens (including phenoxy) is 2.